The lowest BCUT2D eigenvalue weighted by Crippen LogP contribution is -2.37. The molecule has 0 aliphatic carbocycles. The van der Waals surface area contributed by atoms with Crippen molar-refractivity contribution in [3.05, 3.63) is 76.9 Å². The van der Waals surface area contributed by atoms with Gasteiger partial charge in [-0.05, 0) is 35.9 Å². The average molecular weight is 515 g/mol. The van der Waals surface area contributed by atoms with Crippen molar-refractivity contribution in [2.75, 3.05) is 13.6 Å². The molecule has 0 fully saturated rings. The van der Waals surface area contributed by atoms with Crippen molar-refractivity contribution in [1.82, 2.24) is 15.6 Å². The summed E-state index contributed by atoms with van der Waals surface area (Å²) < 4.78 is 18.5. The van der Waals surface area contributed by atoms with E-state index < -0.39 is 0 Å². The number of nitrogens with one attached hydrogen (secondary N) is 2. The van der Waals surface area contributed by atoms with Crippen molar-refractivity contribution in [3.63, 3.8) is 0 Å². The minimum absolute atomic E-state index is 0. The molecule has 0 unspecified atom stereocenters. The van der Waals surface area contributed by atoms with E-state index in [0.29, 0.717) is 31.4 Å². The van der Waals surface area contributed by atoms with Crippen LogP contribution in [0.2, 0.25) is 5.02 Å². The van der Waals surface area contributed by atoms with E-state index in [4.69, 9.17) is 16.0 Å². The Bertz CT molecular complexity index is 915. The maximum absolute atomic E-state index is 13.0. The molecule has 3 rings (SSSR count). The molecule has 2 aromatic carbocycles. The largest absolute Gasteiger partial charge is 0.444 e. The molecule has 3 aromatic rings. The predicted octanol–water partition coefficient (Wildman–Crippen LogP) is 4.66. The van der Waals surface area contributed by atoms with Gasteiger partial charge in [0.2, 0.25) is 5.89 Å². The highest BCUT2D eigenvalue weighted by molar-refractivity contribution is 14.0. The summed E-state index contributed by atoms with van der Waals surface area (Å²) in [4.78, 5) is 8.63. The number of oxazole rings is 1. The maximum Gasteiger partial charge on any atom is 0.226 e. The number of aromatic nitrogens is 1. The zero-order valence-corrected chi connectivity index (χ0v) is 18.4. The highest BCUT2D eigenvalue weighted by Crippen LogP contribution is 2.19. The molecule has 1 heterocycles. The molecule has 5 nitrogen and oxygen atoms in total. The number of aliphatic imine (C=N–C) groups is 1. The second-order valence-electron chi connectivity index (χ2n) is 5.84. The van der Waals surface area contributed by atoms with Crippen LogP contribution < -0.4 is 10.6 Å². The van der Waals surface area contributed by atoms with Gasteiger partial charge < -0.3 is 15.1 Å². The van der Waals surface area contributed by atoms with Gasteiger partial charge >= 0.3 is 0 Å². The van der Waals surface area contributed by atoms with Crippen molar-refractivity contribution in [2.45, 2.75) is 13.0 Å². The Labute approximate surface area is 185 Å². The monoisotopic (exact) mass is 514 g/mol. The number of hydrogen-bond donors (Lipinski definition) is 2. The highest BCUT2D eigenvalue weighted by Gasteiger charge is 2.07. The van der Waals surface area contributed by atoms with Gasteiger partial charge in [0.25, 0.3) is 0 Å². The molecule has 0 atom stereocenters. The van der Waals surface area contributed by atoms with Crippen molar-refractivity contribution in [2.24, 2.45) is 4.99 Å². The van der Waals surface area contributed by atoms with Crippen molar-refractivity contribution in [3.8, 4) is 11.5 Å². The van der Waals surface area contributed by atoms with Gasteiger partial charge in [-0.15, -0.1) is 24.0 Å². The molecule has 0 aliphatic heterocycles. The summed E-state index contributed by atoms with van der Waals surface area (Å²) in [6.45, 7) is 1.22. The Balaban J connectivity index is 0.00000280. The molecular formula is C20H21ClFIN4O. The van der Waals surface area contributed by atoms with E-state index in [-0.39, 0.29) is 29.8 Å². The molecule has 0 saturated heterocycles. The van der Waals surface area contributed by atoms with Gasteiger partial charge in [0.1, 0.15) is 12.1 Å². The van der Waals surface area contributed by atoms with Crippen LogP contribution in [-0.2, 0) is 13.0 Å². The fourth-order valence-electron chi connectivity index (χ4n) is 2.50. The molecule has 0 spiro atoms. The third-order valence-electron chi connectivity index (χ3n) is 3.94. The van der Waals surface area contributed by atoms with Crippen LogP contribution in [0, 0.1) is 5.82 Å². The minimum atomic E-state index is -0.287. The molecule has 148 valence electrons. The van der Waals surface area contributed by atoms with Crippen LogP contribution in [-0.4, -0.2) is 24.5 Å². The zero-order chi connectivity index (χ0) is 19.1. The first-order valence-electron chi connectivity index (χ1n) is 8.54. The normalized spacial score (nSPS) is 11.0. The number of halogens is 3. The highest BCUT2D eigenvalue weighted by atomic mass is 127. The molecule has 8 heteroatoms. The fraction of sp³-hybridized carbons (Fsp3) is 0.200. The Morgan fingerprint density at radius 2 is 1.89 bits per heavy atom. The lowest BCUT2D eigenvalue weighted by atomic mass is 10.2. The van der Waals surface area contributed by atoms with Crippen LogP contribution in [0.1, 0.15) is 11.3 Å². The van der Waals surface area contributed by atoms with E-state index in [1.54, 1.807) is 25.4 Å². The van der Waals surface area contributed by atoms with Crippen molar-refractivity contribution >= 4 is 41.5 Å². The Morgan fingerprint density at radius 1 is 1.14 bits per heavy atom. The number of hydrogen-bond acceptors (Lipinski definition) is 3. The molecule has 0 bridgehead atoms. The third kappa shape index (κ3) is 6.20. The Kier molecular flexibility index (Phi) is 8.72. The lowest BCUT2D eigenvalue weighted by molar-refractivity contribution is 0.571. The molecule has 28 heavy (non-hydrogen) atoms. The fourth-order valence-corrected chi connectivity index (χ4v) is 2.70. The topological polar surface area (TPSA) is 62.5 Å². The maximum atomic E-state index is 13.0. The molecule has 1 aromatic heterocycles. The Hall–Kier alpha value is -2.13. The van der Waals surface area contributed by atoms with Gasteiger partial charge in [0.05, 0.1) is 5.69 Å². The molecule has 0 radical (unpaired) electrons. The van der Waals surface area contributed by atoms with E-state index in [2.05, 4.69) is 20.6 Å². The molecular weight excluding hydrogens is 494 g/mol. The number of benzene rings is 2. The summed E-state index contributed by atoms with van der Waals surface area (Å²) in [7, 11) is 1.71. The third-order valence-corrected chi connectivity index (χ3v) is 4.31. The van der Waals surface area contributed by atoms with Crippen LogP contribution in [0.25, 0.3) is 11.5 Å². The molecule has 2 N–H and O–H groups in total. The zero-order valence-electron chi connectivity index (χ0n) is 15.3. The summed E-state index contributed by atoms with van der Waals surface area (Å²) in [5.74, 6) is 0.869. The average Bonchev–Trinajstić information content (AvgIpc) is 3.15. The first kappa shape index (κ1) is 22.2. The van der Waals surface area contributed by atoms with E-state index in [1.807, 2.05) is 24.3 Å². The van der Waals surface area contributed by atoms with Crippen LogP contribution in [0.15, 0.2) is 64.2 Å². The van der Waals surface area contributed by atoms with Gasteiger partial charge in [0.15, 0.2) is 5.96 Å². The lowest BCUT2D eigenvalue weighted by Gasteiger charge is -2.12. The standard InChI is InChI=1S/C20H20ClFN4O.HI/c1-23-20(25-12-15-4-2-3-5-18(15)21)24-11-10-17-13-27-19(26-17)14-6-8-16(22)9-7-14;/h2-9,13H,10-12H2,1H3,(H2,23,24,25);1H. The first-order chi connectivity index (χ1) is 13.2. The Morgan fingerprint density at radius 3 is 2.61 bits per heavy atom. The summed E-state index contributed by atoms with van der Waals surface area (Å²) >= 11 is 6.16. The van der Waals surface area contributed by atoms with E-state index in [9.17, 15) is 4.39 Å². The summed E-state index contributed by atoms with van der Waals surface area (Å²) in [6, 6.07) is 13.7. The number of guanidine groups is 1. The second-order valence-corrected chi connectivity index (χ2v) is 6.25. The summed E-state index contributed by atoms with van der Waals surface area (Å²) in [6.07, 6.45) is 2.28. The number of nitrogens with zero attached hydrogens (tertiary/aromatic N) is 2. The van der Waals surface area contributed by atoms with Gasteiger partial charge in [-0.2, -0.15) is 0 Å². The van der Waals surface area contributed by atoms with Crippen LogP contribution in [0.5, 0.6) is 0 Å². The molecule has 0 saturated carbocycles. The van der Waals surface area contributed by atoms with E-state index in [1.165, 1.54) is 12.1 Å². The van der Waals surface area contributed by atoms with Gasteiger partial charge in [-0.3, -0.25) is 4.99 Å². The van der Waals surface area contributed by atoms with Gasteiger partial charge in [-0.1, -0.05) is 29.8 Å². The minimum Gasteiger partial charge on any atom is -0.444 e. The summed E-state index contributed by atoms with van der Waals surface area (Å²) in [5, 5.41) is 7.17. The smallest absolute Gasteiger partial charge is 0.226 e. The van der Waals surface area contributed by atoms with Crippen molar-refractivity contribution < 1.29 is 8.81 Å². The van der Waals surface area contributed by atoms with E-state index >= 15 is 0 Å². The molecule has 0 amide bonds. The second kappa shape index (κ2) is 11.0. The SMILES string of the molecule is CN=C(NCCc1coc(-c2ccc(F)cc2)n1)NCc1ccccc1Cl.I. The number of rotatable bonds is 6. The predicted molar refractivity (Wildman–Crippen MR) is 121 cm³/mol. The van der Waals surface area contributed by atoms with E-state index in [0.717, 1.165) is 21.8 Å². The van der Waals surface area contributed by atoms with Crippen LogP contribution >= 0.6 is 35.6 Å². The van der Waals surface area contributed by atoms with Crippen LogP contribution in [0.4, 0.5) is 4.39 Å². The molecule has 0 aliphatic rings. The first-order valence-corrected chi connectivity index (χ1v) is 8.92. The van der Waals surface area contributed by atoms with Crippen LogP contribution in [0.3, 0.4) is 0 Å². The van der Waals surface area contributed by atoms with Crippen molar-refractivity contribution in [1.29, 1.82) is 0 Å². The van der Waals surface area contributed by atoms with Gasteiger partial charge in [-0.25, -0.2) is 9.37 Å². The summed E-state index contributed by atoms with van der Waals surface area (Å²) in [5.41, 5.74) is 2.55. The quantitative estimate of drug-likeness (QED) is 0.285. The van der Waals surface area contributed by atoms with Gasteiger partial charge in [0, 0.05) is 37.1 Å².